The van der Waals surface area contributed by atoms with Gasteiger partial charge in [0.1, 0.15) is 11.5 Å². The molecule has 0 fully saturated rings. The third kappa shape index (κ3) is 3.26. The van der Waals surface area contributed by atoms with Gasteiger partial charge in [0, 0.05) is 0 Å². The maximum absolute atomic E-state index is 11.6. The van der Waals surface area contributed by atoms with E-state index in [1.807, 2.05) is 60.7 Å². The van der Waals surface area contributed by atoms with Gasteiger partial charge in [0.05, 0.1) is 6.04 Å². The number of aliphatic hydroxyl groups is 1. The molecular formula is C17H18ClNO2. The molecule has 0 heterocycles. The van der Waals surface area contributed by atoms with Crippen molar-refractivity contribution in [3.05, 3.63) is 71.8 Å². The van der Waals surface area contributed by atoms with Crippen molar-refractivity contribution in [3.63, 3.8) is 0 Å². The van der Waals surface area contributed by atoms with E-state index in [1.54, 1.807) is 6.92 Å². The summed E-state index contributed by atoms with van der Waals surface area (Å²) < 4.78 is 0. The van der Waals surface area contributed by atoms with Gasteiger partial charge in [-0.1, -0.05) is 60.7 Å². The smallest absolute Gasteiger partial charge is 0.235 e. The predicted molar refractivity (Wildman–Crippen MR) is 84.2 cm³/mol. The van der Waals surface area contributed by atoms with E-state index in [0.717, 1.165) is 11.1 Å². The van der Waals surface area contributed by atoms with Gasteiger partial charge in [0.2, 0.25) is 5.91 Å². The van der Waals surface area contributed by atoms with Crippen LogP contribution < -0.4 is 5.32 Å². The Kier molecular flexibility index (Phi) is 4.99. The molecular weight excluding hydrogens is 286 g/mol. The second kappa shape index (κ2) is 6.74. The summed E-state index contributed by atoms with van der Waals surface area (Å²) in [6.45, 7) is 1.77. The van der Waals surface area contributed by atoms with Crippen LogP contribution in [-0.2, 0) is 10.4 Å². The number of amides is 1. The van der Waals surface area contributed by atoms with Crippen LogP contribution in [0.1, 0.15) is 18.1 Å². The van der Waals surface area contributed by atoms with Crippen molar-refractivity contribution in [2.45, 2.75) is 18.6 Å². The van der Waals surface area contributed by atoms with Crippen molar-refractivity contribution < 1.29 is 9.90 Å². The van der Waals surface area contributed by atoms with Crippen molar-refractivity contribution in [2.24, 2.45) is 0 Å². The monoisotopic (exact) mass is 303 g/mol. The summed E-state index contributed by atoms with van der Waals surface area (Å²) in [7, 11) is 0. The SMILES string of the molecule is CC(NC(=O)CCl)C(O)(c1ccccc1)c1ccccc1. The number of benzene rings is 2. The number of rotatable bonds is 5. The van der Waals surface area contributed by atoms with Crippen LogP contribution in [0.3, 0.4) is 0 Å². The van der Waals surface area contributed by atoms with Crippen LogP contribution in [0.2, 0.25) is 0 Å². The third-order valence-corrected chi connectivity index (χ3v) is 3.80. The molecule has 0 aromatic heterocycles. The van der Waals surface area contributed by atoms with E-state index in [9.17, 15) is 9.90 Å². The topological polar surface area (TPSA) is 49.3 Å². The van der Waals surface area contributed by atoms with Gasteiger partial charge >= 0.3 is 0 Å². The summed E-state index contributed by atoms with van der Waals surface area (Å²) in [5, 5.41) is 14.1. The van der Waals surface area contributed by atoms with E-state index in [4.69, 9.17) is 11.6 Å². The zero-order valence-electron chi connectivity index (χ0n) is 11.8. The third-order valence-electron chi connectivity index (χ3n) is 3.55. The van der Waals surface area contributed by atoms with Crippen molar-refractivity contribution in [3.8, 4) is 0 Å². The van der Waals surface area contributed by atoms with Crippen LogP contribution in [0.4, 0.5) is 0 Å². The maximum atomic E-state index is 11.6. The molecule has 2 aromatic carbocycles. The molecule has 0 saturated carbocycles. The molecule has 0 aliphatic heterocycles. The van der Waals surface area contributed by atoms with Gasteiger partial charge in [0.25, 0.3) is 0 Å². The normalized spacial score (nSPS) is 12.7. The van der Waals surface area contributed by atoms with Gasteiger partial charge in [-0.25, -0.2) is 0 Å². The van der Waals surface area contributed by atoms with Crippen LogP contribution in [0.25, 0.3) is 0 Å². The summed E-state index contributed by atoms with van der Waals surface area (Å²) in [5.41, 5.74) is 0.127. The fourth-order valence-corrected chi connectivity index (χ4v) is 2.51. The molecule has 0 radical (unpaired) electrons. The molecule has 0 bridgehead atoms. The van der Waals surface area contributed by atoms with Gasteiger partial charge in [0.15, 0.2) is 0 Å². The van der Waals surface area contributed by atoms with Crippen LogP contribution in [0, 0.1) is 0 Å². The highest BCUT2D eigenvalue weighted by atomic mass is 35.5. The van der Waals surface area contributed by atoms with Crippen LogP contribution in [-0.4, -0.2) is 22.9 Å². The Labute approximate surface area is 129 Å². The molecule has 0 spiro atoms. The molecule has 2 N–H and O–H groups in total. The summed E-state index contributed by atoms with van der Waals surface area (Å²) >= 11 is 5.54. The highest BCUT2D eigenvalue weighted by Crippen LogP contribution is 2.32. The Balaban J connectivity index is 2.47. The summed E-state index contributed by atoms with van der Waals surface area (Å²) in [6.07, 6.45) is 0. The molecule has 1 unspecified atom stereocenters. The zero-order valence-corrected chi connectivity index (χ0v) is 12.5. The van der Waals surface area contributed by atoms with Gasteiger partial charge in [-0.15, -0.1) is 11.6 Å². The van der Waals surface area contributed by atoms with Gasteiger partial charge in [-0.2, -0.15) is 0 Å². The van der Waals surface area contributed by atoms with Crippen molar-refractivity contribution in [2.75, 3.05) is 5.88 Å². The predicted octanol–water partition coefficient (Wildman–Crippen LogP) is 2.67. The standard InChI is InChI=1S/C17H18ClNO2/c1-13(19-16(20)12-18)17(21,14-8-4-2-5-9-14)15-10-6-3-7-11-15/h2-11,13,21H,12H2,1H3,(H,19,20). The van der Waals surface area contributed by atoms with Crippen LogP contribution in [0.5, 0.6) is 0 Å². The van der Waals surface area contributed by atoms with E-state index in [1.165, 1.54) is 0 Å². The maximum Gasteiger partial charge on any atom is 0.235 e. The molecule has 2 rings (SSSR count). The quantitative estimate of drug-likeness (QED) is 0.834. The number of nitrogens with one attached hydrogen (secondary N) is 1. The summed E-state index contributed by atoms with van der Waals surface area (Å²) in [4.78, 5) is 11.6. The van der Waals surface area contributed by atoms with Crippen molar-refractivity contribution in [1.29, 1.82) is 0 Å². The number of hydrogen-bond acceptors (Lipinski definition) is 2. The molecule has 0 aliphatic carbocycles. The van der Waals surface area contributed by atoms with E-state index >= 15 is 0 Å². The lowest BCUT2D eigenvalue weighted by molar-refractivity contribution is -0.121. The Bertz CT molecular complexity index is 547. The molecule has 0 saturated heterocycles. The second-order valence-corrected chi connectivity index (χ2v) is 5.19. The van der Waals surface area contributed by atoms with Gasteiger partial charge in [-0.05, 0) is 18.1 Å². The molecule has 1 atom stereocenters. The lowest BCUT2D eigenvalue weighted by Gasteiger charge is -2.35. The van der Waals surface area contributed by atoms with Gasteiger partial charge < -0.3 is 10.4 Å². The molecule has 110 valence electrons. The minimum Gasteiger partial charge on any atom is -0.378 e. The number of carbonyl (C=O) groups excluding carboxylic acids is 1. The van der Waals surface area contributed by atoms with Crippen molar-refractivity contribution in [1.82, 2.24) is 5.32 Å². The molecule has 3 nitrogen and oxygen atoms in total. The highest BCUT2D eigenvalue weighted by Gasteiger charge is 2.38. The molecule has 0 aliphatic rings. The Morgan fingerprint density at radius 3 is 1.90 bits per heavy atom. The molecule has 1 amide bonds. The molecule has 4 heteroatoms. The second-order valence-electron chi connectivity index (χ2n) is 4.92. The van der Waals surface area contributed by atoms with E-state index in [-0.39, 0.29) is 11.8 Å². The van der Waals surface area contributed by atoms with Crippen LogP contribution in [0.15, 0.2) is 60.7 Å². The zero-order chi connectivity index (χ0) is 15.3. The average Bonchev–Trinajstić information content (AvgIpc) is 2.55. The number of halogens is 1. The van der Waals surface area contributed by atoms with E-state index in [0.29, 0.717) is 0 Å². The lowest BCUT2D eigenvalue weighted by Crippen LogP contribution is -2.50. The van der Waals surface area contributed by atoms with Gasteiger partial charge in [-0.3, -0.25) is 4.79 Å². The fourth-order valence-electron chi connectivity index (χ4n) is 2.44. The largest absolute Gasteiger partial charge is 0.378 e. The Morgan fingerprint density at radius 1 is 1.10 bits per heavy atom. The first-order valence-electron chi connectivity index (χ1n) is 6.77. The average molecular weight is 304 g/mol. The summed E-state index contributed by atoms with van der Waals surface area (Å²) in [6, 6.07) is 18.1. The minimum absolute atomic E-state index is 0.135. The van der Waals surface area contributed by atoms with Crippen LogP contribution >= 0.6 is 11.6 Å². The lowest BCUT2D eigenvalue weighted by atomic mass is 9.81. The highest BCUT2D eigenvalue weighted by molar-refractivity contribution is 6.27. The number of alkyl halides is 1. The molecule has 21 heavy (non-hydrogen) atoms. The fraction of sp³-hybridized carbons (Fsp3) is 0.235. The molecule has 2 aromatic rings. The number of carbonyl (C=O) groups is 1. The van der Waals surface area contributed by atoms with E-state index < -0.39 is 11.6 Å². The number of hydrogen-bond donors (Lipinski definition) is 2. The van der Waals surface area contributed by atoms with E-state index in [2.05, 4.69) is 5.32 Å². The Morgan fingerprint density at radius 2 is 1.52 bits per heavy atom. The first-order chi connectivity index (χ1) is 10.1. The first kappa shape index (κ1) is 15.5. The Hall–Kier alpha value is -1.84. The first-order valence-corrected chi connectivity index (χ1v) is 7.31. The summed E-state index contributed by atoms with van der Waals surface area (Å²) in [5.74, 6) is -0.446. The minimum atomic E-state index is -1.32. The van der Waals surface area contributed by atoms with Crippen molar-refractivity contribution >= 4 is 17.5 Å².